The van der Waals surface area contributed by atoms with Crippen molar-refractivity contribution in [2.75, 3.05) is 19.8 Å². The van der Waals surface area contributed by atoms with Gasteiger partial charge in [0.1, 0.15) is 5.82 Å². The maximum absolute atomic E-state index is 5.50. The van der Waals surface area contributed by atoms with Gasteiger partial charge in [0, 0.05) is 31.5 Å². The molecule has 4 heteroatoms. The second-order valence-corrected chi connectivity index (χ2v) is 3.89. The van der Waals surface area contributed by atoms with Crippen molar-refractivity contribution >= 4 is 0 Å². The van der Waals surface area contributed by atoms with Crippen molar-refractivity contribution in [3.63, 3.8) is 0 Å². The molecule has 0 saturated carbocycles. The summed E-state index contributed by atoms with van der Waals surface area (Å²) < 4.78 is 7.59. The summed E-state index contributed by atoms with van der Waals surface area (Å²) in [5, 5.41) is 3.31. The molecule has 0 aliphatic heterocycles. The number of nitrogens with zero attached hydrogens (tertiary/aromatic N) is 2. The molecule has 0 aliphatic rings. The van der Waals surface area contributed by atoms with Crippen molar-refractivity contribution in [2.24, 2.45) is 0 Å². The number of rotatable bonds is 7. The number of aryl methyl sites for hydroxylation is 1. The standard InChI is InChI=1S/C11H21N3O/c1-10(2)12-5-8-15-9-7-14-6-4-13-11(14)3/h4,6,10,12H,5,7-9H2,1-3H3. The minimum Gasteiger partial charge on any atom is -0.378 e. The van der Waals surface area contributed by atoms with Crippen LogP contribution in [0.4, 0.5) is 0 Å². The summed E-state index contributed by atoms with van der Waals surface area (Å²) in [4.78, 5) is 4.15. The predicted molar refractivity (Wildman–Crippen MR) is 60.9 cm³/mol. The summed E-state index contributed by atoms with van der Waals surface area (Å²) in [6.45, 7) is 9.58. The molecule has 4 nitrogen and oxygen atoms in total. The van der Waals surface area contributed by atoms with Gasteiger partial charge in [0.25, 0.3) is 0 Å². The number of nitrogens with one attached hydrogen (secondary N) is 1. The van der Waals surface area contributed by atoms with Crippen LogP contribution in [0.5, 0.6) is 0 Å². The Morgan fingerprint density at radius 2 is 2.27 bits per heavy atom. The molecule has 1 aromatic rings. The fourth-order valence-corrected chi connectivity index (χ4v) is 1.32. The highest BCUT2D eigenvalue weighted by molar-refractivity contribution is 4.87. The normalized spacial score (nSPS) is 11.2. The SMILES string of the molecule is Cc1nccn1CCOCCNC(C)C. The molecule has 0 aliphatic carbocycles. The van der Waals surface area contributed by atoms with Crippen LogP contribution in [0.1, 0.15) is 19.7 Å². The molecule has 0 unspecified atom stereocenters. The number of aromatic nitrogens is 2. The Balaban J connectivity index is 2.00. The zero-order chi connectivity index (χ0) is 11.1. The van der Waals surface area contributed by atoms with Crippen molar-refractivity contribution in [2.45, 2.75) is 33.4 Å². The predicted octanol–water partition coefficient (Wildman–Crippen LogP) is 1.21. The smallest absolute Gasteiger partial charge is 0.105 e. The third kappa shape index (κ3) is 4.95. The van der Waals surface area contributed by atoms with E-state index in [2.05, 4.69) is 28.7 Å². The lowest BCUT2D eigenvalue weighted by molar-refractivity contribution is 0.126. The largest absolute Gasteiger partial charge is 0.378 e. The van der Waals surface area contributed by atoms with Crippen molar-refractivity contribution < 1.29 is 4.74 Å². The van der Waals surface area contributed by atoms with Crippen LogP contribution in [0.2, 0.25) is 0 Å². The zero-order valence-corrected chi connectivity index (χ0v) is 9.86. The molecule has 1 N–H and O–H groups in total. The fourth-order valence-electron chi connectivity index (χ4n) is 1.32. The molecule has 86 valence electrons. The zero-order valence-electron chi connectivity index (χ0n) is 9.86. The van der Waals surface area contributed by atoms with E-state index in [0.29, 0.717) is 6.04 Å². The molecule has 0 amide bonds. The van der Waals surface area contributed by atoms with E-state index >= 15 is 0 Å². The minimum atomic E-state index is 0.532. The highest BCUT2D eigenvalue weighted by Gasteiger charge is 1.96. The van der Waals surface area contributed by atoms with Gasteiger partial charge in [0.2, 0.25) is 0 Å². The van der Waals surface area contributed by atoms with Gasteiger partial charge in [-0.1, -0.05) is 13.8 Å². The van der Waals surface area contributed by atoms with E-state index in [1.165, 1.54) is 0 Å². The summed E-state index contributed by atoms with van der Waals surface area (Å²) in [6.07, 6.45) is 3.79. The van der Waals surface area contributed by atoms with Gasteiger partial charge in [-0.15, -0.1) is 0 Å². The molecular weight excluding hydrogens is 190 g/mol. The third-order valence-electron chi connectivity index (χ3n) is 2.20. The van der Waals surface area contributed by atoms with Crippen LogP contribution in [0.25, 0.3) is 0 Å². The molecule has 0 bridgehead atoms. The minimum absolute atomic E-state index is 0.532. The van der Waals surface area contributed by atoms with Crippen LogP contribution >= 0.6 is 0 Å². The highest BCUT2D eigenvalue weighted by Crippen LogP contribution is 1.94. The highest BCUT2D eigenvalue weighted by atomic mass is 16.5. The van der Waals surface area contributed by atoms with Crippen LogP contribution in [-0.2, 0) is 11.3 Å². The van der Waals surface area contributed by atoms with E-state index in [9.17, 15) is 0 Å². The molecular formula is C11H21N3O. The number of ether oxygens (including phenoxy) is 1. The summed E-state index contributed by atoms with van der Waals surface area (Å²) in [6, 6.07) is 0.532. The molecule has 0 fully saturated rings. The van der Waals surface area contributed by atoms with E-state index in [1.54, 1.807) is 0 Å². The summed E-state index contributed by atoms with van der Waals surface area (Å²) in [5.74, 6) is 1.04. The van der Waals surface area contributed by atoms with Gasteiger partial charge in [-0.05, 0) is 6.92 Å². The average molecular weight is 211 g/mol. The second kappa shape index (κ2) is 6.58. The van der Waals surface area contributed by atoms with E-state index in [1.807, 2.05) is 19.3 Å². The first-order valence-electron chi connectivity index (χ1n) is 5.49. The number of hydrogen-bond acceptors (Lipinski definition) is 3. The Labute approximate surface area is 91.7 Å². The van der Waals surface area contributed by atoms with Gasteiger partial charge in [-0.2, -0.15) is 0 Å². The lowest BCUT2D eigenvalue weighted by Gasteiger charge is -2.09. The first-order valence-corrected chi connectivity index (χ1v) is 5.49. The molecule has 1 rings (SSSR count). The third-order valence-corrected chi connectivity index (χ3v) is 2.20. The maximum atomic E-state index is 5.50. The molecule has 0 aromatic carbocycles. The van der Waals surface area contributed by atoms with Crippen molar-refractivity contribution in [1.29, 1.82) is 0 Å². The molecule has 0 radical (unpaired) electrons. The Morgan fingerprint density at radius 3 is 2.87 bits per heavy atom. The number of hydrogen-bond donors (Lipinski definition) is 1. The Hall–Kier alpha value is -0.870. The van der Waals surface area contributed by atoms with Crippen LogP contribution < -0.4 is 5.32 Å². The fraction of sp³-hybridized carbons (Fsp3) is 0.727. The quantitative estimate of drug-likeness (QED) is 0.689. The van der Waals surface area contributed by atoms with Crippen molar-refractivity contribution in [3.8, 4) is 0 Å². The lowest BCUT2D eigenvalue weighted by Crippen LogP contribution is -2.27. The van der Waals surface area contributed by atoms with E-state index in [0.717, 1.165) is 32.1 Å². The van der Waals surface area contributed by atoms with Gasteiger partial charge in [0.05, 0.1) is 13.2 Å². The van der Waals surface area contributed by atoms with Gasteiger partial charge in [-0.25, -0.2) is 4.98 Å². The van der Waals surface area contributed by atoms with E-state index in [-0.39, 0.29) is 0 Å². The molecule has 1 heterocycles. The Kier molecular flexibility index (Phi) is 5.36. The Morgan fingerprint density at radius 1 is 1.47 bits per heavy atom. The van der Waals surface area contributed by atoms with Crippen LogP contribution in [-0.4, -0.2) is 35.4 Å². The molecule has 0 atom stereocenters. The lowest BCUT2D eigenvalue weighted by atomic mass is 10.4. The summed E-state index contributed by atoms with van der Waals surface area (Å²) in [5.41, 5.74) is 0. The second-order valence-electron chi connectivity index (χ2n) is 3.89. The molecule has 15 heavy (non-hydrogen) atoms. The molecule has 1 aromatic heterocycles. The van der Waals surface area contributed by atoms with Crippen LogP contribution in [0.15, 0.2) is 12.4 Å². The Bertz CT molecular complexity index is 271. The molecule has 0 spiro atoms. The van der Waals surface area contributed by atoms with Crippen molar-refractivity contribution in [3.05, 3.63) is 18.2 Å². The van der Waals surface area contributed by atoms with Gasteiger partial charge >= 0.3 is 0 Å². The topological polar surface area (TPSA) is 39.1 Å². The summed E-state index contributed by atoms with van der Waals surface area (Å²) >= 11 is 0. The van der Waals surface area contributed by atoms with Crippen LogP contribution in [0.3, 0.4) is 0 Å². The van der Waals surface area contributed by atoms with Crippen molar-refractivity contribution in [1.82, 2.24) is 14.9 Å². The van der Waals surface area contributed by atoms with Gasteiger partial charge in [-0.3, -0.25) is 0 Å². The average Bonchev–Trinajstić information content (AvgIpc) is 2.57. The van der Waals surface area contributed by atoms with E-state index < -0.39 is 0 Å². The van der Waals surface area contributed by atoms with Gasteiger partial charge < -0.3 is 14.6 Å². The first-order chi connectivity index (χ1) is 7.20. The van der Waals surface area contributed by atoms with E-state index in [4.69, 9.17) is 4.74 Å². The maximum Gasteiger partial charge on any atom is 0.105 e. The summed E-state index contributed by atoms with van der Waals surface area (Å²) in [7, 11) is 0. The first kappa shape index (κ1) is 12.2. The monoisotopic (exact) mass is 211 g/mol. The number of imidazole rings is 1. The van der Waals surface area contributed by atoms with Gasteiger partial charge in [0.15, 0.2) is 0 Å². The van der Waals surface area contributed by atoms with Crippen LogP contribution in [0, 0.1) is 6.92 Å². The molecule has 0 saturated heterocycles.